The first-order valence-corrected chi connectivity index (χ1v) is 7.04. The van der Waals surface area contributed by atoms with Crippen molar-refractivity contribution in [1.29, 1.82) is 0 Å². The van der Waals surface area contributed by atoms with Gasteiger partial charge < -0.3 is 11.1 Å². The van der Waals surface area contributed by atoms with E-state index in [4.69, 9.17) is 18.0 Å². The Morgan fingerprint density at radius 2 is 2.11 bits per heavy atom. The van der Waals surface area contributed by atoms with Crippen molar-refractivity contribution in [3.63, 3.8) is 0 Å². The number of hydrogen-bond acceptors (Lipinski definition) is 3. The summed E-state index contributed by atoms with van der Waals surface area (Å²) in [5.74, 6) is 0. The first kappa shape index (κ1) is 13.1. The zero-order chi connectivity index (χ0) is 13.1. The summed E-state index contributed by atoms with van der Waals surface area (Å²) < 4.78 is 0. The Kier molecular flexibility index (Phi) is 3.99. The molecule has 0 fully saturated rings. The Bertz CT molecular complexity index is 573. The van der Waals surface area contributed by atoms with Gasteiger partial charge in [0.05, 0.1) is 0 Å². The average Bonchev–Trinajstić information content (AvgIpc) is 2.73. The van der Waals surface area contributed by atoms with Crippen LogP contribution in [0.2, 0.25) is 0 Å². The van der Waals surface area contributed by atoms with E-state index in [1.54, 1.807) is 11.3 Å². The lowest BCUT2D eigenvalue weighted by molar-refractivity contribution is 1.16. The minimum absolute atomic E-state index is 0.434. The summed E-state index contributed by atoms with van der Waals surface area (Å²) in [5.41, 5.74) is 10.2. The molecule has 1 heterocycles. The molecule has 4 heteroatoms. The molecule has 0 unspecified atom stereocenters. The highest BCUT2D eigenvalue weighted by atomic mass is 32.1. The zero-order valence-electron chi connectivity index (χ0n) is 10.5. The van der Waals surface area contributed by atoms with Gasteiger partial charge in [0.15, 0.2) is 0 Å². The molecule has 2 nitrogen and oxygen atoms in total. The van der Waals surface area contributed by atoms with Gasteiger partial charge in [-0.3, -0.25) is 0 Å². The molecular weight excluding hydrogens is 260 g/mol. The van der Waals surface area contributed by atoms with Gasteiger partial charge in [0, 0.05) is 22.7 Å². The second-order valence-electron chi connectivity index (χ2n) is 4.29. The van der Waals surface area contributed by atoms with Crippen molar-refractivity contribution in [2.45, 2.75) is 20.4 Å². The first-order chi connectivity index (χ1) is 8.58. The van der Waals surface area contributed by atoms with E-state index in [-0.39, 0.29) is 0 Å². The Morgan fingerprint density at radius 3 is 2.72 bits per heavy atom. The Hall–Kier alpha value is -1.39. The molecule has 0 aliphatic heterocycles. The van der Waals surface area contributed by atoms with E-state index in [2.05, 4.69) is 29.8 Å². The van der Waals surface area contributed by atoms with Crippen molar-refractivity contribution in [2.75, 3.05) is 5.32 Å². The average molecular weight is 276 g/mol. The standard InChI is InChI=1S/C14H16N2S2/c1-9-3-4-12(11(7-9)14(15)17)16-8-13-10(2)5-6-18-13/h3-7,16H,8H2,1-2H3,(H2,15,17). The third-order valence-corrected chi connectivity index (χ3v) is 4.09. The fourth-order valence-corrected chi connectivity index (χ4v) is 2.79. The number of nitrogens with one attached hydrogen (secondary N) is 1. The highest BCUT2D eigenvalue weighted by Crippen LogP contribution is 2.21. The van der Waals surface area contributed by atoms with Crippen molar-refractivity contribution in [1.82, 2.24) is 0 Å². The van der Waals surface area contributed by atoms with Crippen molar-refractivity contribution >= 4 is 34.2 Å². The molecule has 94 valence electrons. The molecule has 0 bridgehead atoms. The Morgan fingerprint density at radius 1 is 1.33 bits per heavy atom. The summed E-state index contributed by atoms with van der Waals surface area (Å²) in [7, 11) is 0. The van der Waals surface area contributed by atoms with Gasteiger partial charge in [-0.25, -0.2) is 0 Å². The molecular formula is C14H16N2S2. The van der Waals surface area contributed by atoms with Gasteiger partial charge >= 0.3 is 0 Å². The molecule has 2 rings (SSSR count). The van der Waals surface area contributed by atoms with E-state index in [0.29, 0.717) is 4.99 Å². The quantitative estimate of drug-likeness (QED) is 0.838. The van der Waals surface area contributed by atoms with Crippen LogP contribution in [0.4, 0.5) is 5.69 Å². The third-order valence-electron chi connectivity index (χ3n) is 2.85. The van der Waals surface area contributed by atoms with Crippen molar-refractivity contribution in [3.8, 4) is 0 Å². The lowest BCUT2D eigenvalue weighted by Crippen LogP contribution is -2.13. The maximum Gasteiger partial charge on any atom is 0.106 e. The van der Waals surface area contributed by atoms with Crippen molar-refractivity contribution in [2.24, 2.45) is 5.73 Å². The Balaban J connectivity index is 2.19. The summed E-state index contributed by atoms with van der Waals surface area (Å²) in [4.78, 5) is 1.77. The van der Waals surface area contributed by atoms with E-state index in [1.807, 2.05) is 19.1 Å². The molecule has 0 aliphatic rings. The molecule has 0 spiro atoms. The summed E-state index contributed by atoms with van der Waals surface area (Å²) in [6.07, 6.45) is 0. The number of anilines is 1. The molecule has 0 aliphatic carbocycles. The lowest BCUT2D eigenvalue weighted by atomic mass is 10.1. The molecule has 0 radical (unpaired) electrons. The van der Waals surface area contributed by atoms with Crippen LogP contribution in [0, 0.1) is 13.8 Å². The summed E-state index contributed by atoms with van der Waals surface area (Å²) in [6, 6.07) is 8.25. The maximum absolute atomic E-state index is 5.76. The first-order valence-electron chi connectivity index (χ1n) is 5.75. The van der Waals surface area contributed by atoms with Crippen LogP contribution in [-0.4, -0.2) is 4.99 Å². The minimum Gasteiger partial charge on any atom is -0.389 e. The minimum atomic E-state index is 0.434. The van der Waals surface area contributed by atoms with Gasteiger partial charge in [0.1, 0.15) is 4.99 Å². The molecule has 0 amide bonds. The summed E-state index contributed by atoms with van der Waals surface area (Å²) >= 11 is 6.85. The summed E-state index contributed by atoms with van der Waals surface area (Å²) in [6.45, 7) is 4.97. The number of hydrogen-bond donors (Lipinski definition) is 2. The maximum atomic E-state index is 5.76. The van der Waals surface area contributed by atoms with Crippen LogP contribution in [0.3, 0.4) is 0 Å². The predicted molar refractivity (Wildman–Crippen MR) is 83.4 cm³/mol. The van der Waals surface area contributed by atoms with E-state index in [1.165, 1.54) is 10.4 Å². The number of thiophene rings is 1. The molecule has 0 atom stereocenters. The second kappa shape index (κ2) is 5.50. The van der Waals surface area contributed by atoms with E-state index >= 15 is 0 Å². The molecule has 0 saturated heterocycles. The van der Waals surface area contributed by atoms with E-state index in [0.717, 1.165) is 23.4 Å². The third kappa shape index (κ3) is 2.89. The zero-order valence-corrected chi connectivity index (χ0v) is 12.1. The highest BCUT2D eigenvalue weighted by molar-refractivity contribution is 7.80. The smallest absolute Gasteiger partial charge is 0.106 e. The number of aryl methyl sites for hydroxylation is 2. The van der Waals surface area contributed by atoms with Gasteiger partial charge in [-0.2, -0.15) is 0 Å². The van der Waals surface area contributed by atoms with Crippen LogP contribution < -0.4 is 11.1 Å². The number of thiocarbonyl (C=S) groups is 1. The van der Waals surface area contributed by atoms with Crippen LogP contribution >= 0.6 is 23.6 Å². The molecule has 0 saturated carbocycles. The van der Waals surface area contributed by atoms with Crippen molar-refractivity contribution < 1.29 is 0 Å². The van der Waals surface area contributed by atoms with Gasteiger partial charge in [0.2, 0.25) is 0 Å². The number of rotatable bonds is 4. The number of nitrogens with two attached hydrogens (primary N) is 1. The predicted octanol–water partition coefficient (Wildman–Crippen LogP) is 3.61. The van der Waals surface area contributed by atoms with Crippen LogP contribution in [0.1, 0.15) is 21.6 Å². The molecule has 1 aromatic carbocycles. The lowest BCUT2D eigenvalue weighted by Gasteiger charge is -2.11. The fraction of sp³-hybridized carbons (Fsp3) is 0.214. The largest absolute Gasteiger partial charge is 0.389 e. The normalized spacial score (nSPS) is 10.3. The Labute approximate surface area is 117 Å². The molecule has 2 aromatic rings. The monoisotopic (exact) mass is 276 g/mol. The van der Waals surface area contributed by atoms with Gasteiger partial charge in [-0.15, -0.1) is 11.3 Å². The summed E-state index contributed by atoms with van der Waals surface area (Å²) in [5, 5.41) is 5.52. The molecule has 1 aromatic heterocycles. The van der Waals surface area contributed by atoms with Gasteiger partial charge in [-0.1, -0.05) is 23.8 Å². The fourth-order valence-electron chi connectivity index (χ4n) is 1.78. The van der Waals surface area contributed by atoms with Gasteiger partial charge in [0.25, 0.3) is 0 Å². The van der Waals surface area contributed by atoms with Gasteiger partial charge in [-0.05, 0) is 43.0 Å². The number of benzene rings is 1. The van der Waals surface area contributed by atoms with Crippen LogP contribution in [0.5, 0.6) is 0 Å². The SMILES string of the molecule is Cc1ccc(NCc2sccc2C)c(C(N)=S)c1. The molecule has 18 heavy (non-hydrogen) atoms. The van der Waals surface area contributed by atoms with Crippen LogP contribution in [0.25, 0.3) is 0 Å². The topological polar surface area (TPSA) is 38.0 Å². The second-order valence-corrected chi connectivity index (χ2v) is 5.73. The van der Waals surface area contributed by atoms with Crippen molar-refractivity contribution in [3.05, 3.63) is 51.2 Å². The highest BCUT2D eigenvalue weighted by Gasteiger charge is 2.06. The van der Waals surface area contributed by atoms with E-state index in [9.17, 15) is 0 Å². The van der Waals surface area contributed by atoms with Crippen LogP contribution in [0.15, 0.2) is 29.6 Å². The molecule has 3 N–H and O–H groups in total. The van der Waals surface area contributed by atoms with Crippen LogP contribution in [-0.2, 0) is 6.54 Å². The van der Waals surface area contributed by atoms with E-state index < -0.39 is 0 Å².